The van der Waals surface area contributed by atoms with Gasteiger partial charge in [0.25, 0.3) is 0 Å². The number of anilines is 1. The molecule has 0 saturated carbocycles. The van der Waals surface area contributed by atoms with Crippen molar-refractivity contribution in [3.63, 3.8) is 0 Å². The lowest BCUT2D eigenvalue weighted by atomic mass is 9.93. The van der Waals surface area contributed by atoms with Gasteiger partial charge < -0.3 is 15.0 Å². The molecule has 2 heterocycles. The van der Waals surface area contributed by atoms with Crippen LogP contribution in [0.2, 0.25) is 0 Å². The fraction of sp³-hybridized carbons (Fsp3) is 0.526. The number of methoxy groups -OCH3 is 1. The van der Waals surface area contributed by atoms with E-state index in [0.717, 1.165) is 30.2 Å². The molecule has 1 N–H and O–H groups in total. The average molecular weight is 368 g/mol. The van der Waals surface area contributed by atoms with E-state index in [2.05, 4.69) is 11.4 Å². The SMILES string of the molecule is COC(=O)C1CCN(c2cc(C(F)(F)F)ccc2C2=CCCNC2)CC1. The molecule has 0 atom stereocenters. The van der Waals surface area contributed by atoms with Crippen LogP contribution in [0.5, 0.6) is 0 Å². The van der Waals surface area contributed by atoms with Crippen LogP contribution in [0.25, 0.3) is 5.57 Å². The van der Waals surface area contributed by atoms with Crippen molar-refractivity contribution in [3.8, 4) is 0 Å². The van der Waals surface area contributed by atoms with Crippen molar-refractivity contribution in [3.05, 3.63) is 35.4 Å². The maximum atomic E-state index is 13.2. The molecule has 7 heteroatoms. The molecule has 2 aliphatic rings. The number of halogens is 3. The van der Waals surface area contributed by atoms with Crippen LogP contribution in [0.3, 0.4) is 0 Å². The molecule has 0 amide bonds. The van der Waals surface area contributed by atoms with Gasteiger partial charge in [-0.3, -0.25) is 4.79 Å². The number of carbonyl (C=O) groups is 1. The summed E-state index contributed by atoms with van der Waals surface area (Å²) in [5.41, 5.74) is 1.81. The van der Waals surface area contributed by atoms with Crippen LogP contribution in [-0.4, -0.2) is 39.3 Å². The normalized spacial score (nSPS) is 19.2. The molecule has 0 unspecified atom stereocenters. The Morgan fingerprint density at radius 1 is 1.27 bits per heavy atom. The number of piperidine rings is 1. The van der Waals surface area contributed by atoms with Crippen LogP contribution in [0.1, 0.15) is 30.4 Å². The molecular weight excluding hydrogens is 345 g/mol. The molecule has 1 fully saturated rings. The first-order chi connectivity index (χ1) is 12.4. The zero-order valence-electron chi connectivity index (χ0n) is 14.7. The van der Waals surface area contributed by atoms with Gasteiger partial charge in [-0.2, -0.15) is 13.2 Å². The van der Waals surface area contributed by atoms with Gasteiger partial charge in [-0.15, -0.1) is 0 Å². The molecule has 142 valence electrons. The van der Waals surface area contributed by atoms with Crippen LogP contribution in [0.15, 0.2) is 24.3 Å². The number of nitrogens with one attached hydrogen (secondary N) is 1. The smallest absolute Gasteiger partial charge is 0.416 e. The molecule has 3 rings (SSSR count). The molecule has 0 spiro atoms. The monoisotopic (exact) mass is 368 g/mol. The summed E-state index contributed by atoms with van der Waals surface area (Å²) >= 11 is 0. The molecule has 2 aliphatic heterocycles. The molecule has 4 nitrogen and oxygen atoms in total. The van der Waals surface area contributed by atoms with E-state index in [9.17, 15) is 18.0 Å². The van der Waals surface area contributed by atoms with E-state index in [1.54, 1.807) is 6.07 Å². The Bertz CT molecular complexity index is 693. The minimum absolute atomic E-state index is 0.180. The van der Waals surface area contributed by atoms with Crippen molar-refractivity contribution in [1.82, 2.24) is 5.32 Å². The summed E-state index contributed by atoms with van der Waals surface area (Å²) in [6, 6.07) is 3.96. The summed E-state index contributed by atoms with van der Waals surface area (Å²) in [5.74, 6) is -0.422. The number of hydrogen-bond acceptors (Lipinski definition) is 4. The van der Waals surface area contributed by atoms with E-state index in [-0.39, 0.29) is 11.9 Å². The Hall–Kier alpha value is -2.02. The maximum Gasteiger partial charge on any atom is 0.416 e. The van der Waals surface area contributed by atoms with Crippen LogP contribution in [0.4, 0.5) is 18.9 Å². The van der Waals surface area contributed by atoms with Gasteiger partial charge in [0.2, 0.25) is 0 Å². The molecule has 0 aliphatic carbocycles. The Kier molecular flexibility index (Phi) is 5.55. The molecule has 0 radical (unpaired) electrons. The van der Waals surface area contributed by atoms with Gasteiger partial charge in [0.15, 0.2) is 0 Å². The van der Waals surface area contributed by atoms with Crippen molar-refractivity contribution < 1.29 is 22.7 Å². The summed E-state index contributed by atoms with van der Waals surface area (Å²) in [7, 11) is 1.36. The summed E-state index contributed by atoms with van der Waals surface area (Å²) in [6.45, 7) is 2.60. The van der Waals surface area contributed by atoms with E-state index in [1.807, 2.05) is 4.90 Å². The van der Waals surface area contributed by atoms with Crippen LogP contribution in [-0.2, 0) is 15.7 Å². The first-order valence-electron chi connectivity index (χ1n) is 8.84. The molecule has 0 bridgehead atoms. The third-order valence-electron chi connectivity index (χ3n) is 5.07. The van der Waals surface area contributed by atoms with E-state index >= 15 is 0 Å². The molecule has 1 aromatic carbocycles. The van der Waals surface area contributed by atoms with Crippen molar-refractivity contribution in [2.45, 2.75) is 25.4 Å². The Labute approximate surface area is 151 Å². The van der Waals surface area contributed by atoms with E-state index < -0.39 is 11.7 Å². The second kappa shape index (κ2) is 7.70. The molecule has 0 aromatic heterocycles. The molecular formula is C19H23F3N2O2. The van der Waals surface area contributed by atoms with E-state index in [1.165, 1.54) is 13.2 Å². The Morgan fingerprint density at radius 2 is 2.00 bits per heavy atom. The quantitative estimate of drug-likeness (QED) is 0.830. The second-order valence-corrected chi connectivity index (χ2v) is 6.71. The summed E-state index contributed by atoms with van der Waals surface area (Å²) < 4.78 is 44.4. The third kappa shape index (κ3) is 4.03. The van der Waals surface area contributed by atoms with Gasteiger partial charge >= 0.3 is 12.1 Å². The highest BCUT2D eigenvalue weighted by Crippen LogP contribution is 2.37. The van der Waals surface area contributed by atoms with Crippen molar-refractivity contribution >= 4 is 17.2 Å². The summed E-state index contributed by atoms with van der Waals surface area (Å²) in [6.07, 6.45) is -0.264. The number of nitrogens with zero attached hydrogens (tertiary/aromatic N) is 1. The number of alkyl halides is 3. The van der Waals surface area contributed by atoms with E-state index in [4.69, 9.17) is 4.74 Å². The number of ether oxygens (including phenoxy) is 1. The van der Waals surface area contributed by atoms with E-state index in [0.29, 0.717) is 38.2 Å². The number of rotatable bonds is 3. The van der Waals surface area contributed by atoms with Crippen molar-refractivity contribution in [2.24, 2.45) is 5.92 Å². The van der Waals surface area contributed by atoms with Crippen LogP contribution >= 0.6 is 0 Å². The lowest BCUT2D eigenvalue weighted by Crippen LogP contribution is -2.37. The van der Waals surface area contributed by atoms with Gasteiger partial charge in [-0.25, -0.2) is 0 Å². The molecule has 1 aromatic rings. The first-order valence-corrected chi connectivity index (χ1v) is 8.84. The van der Waals surface area contributed by atoms with Gasteiger partial charge in [0.05, 0.1) is 18.6 Å². The Balaban J connectivity index is 1.90. The lowest BCUT2D eigenvalue weighted by molar-refractivity contribution is -0.146. The van der Waals surface area contributed by atoms with Gasteiger partial charge in [0.1, 0.15) is 0 Å². The highest BCUT2D eigenvalue weighted by atomic mass is 19.4. The van der Waals surface area contributed by atoms with Gasteiger partial charge in [0, 0.05) is 30.9 Å². The average Bonchev–Trinajstić information content (AvgIpc) is 2.67. The minimum atomic E-state index is -4.38. The topological polar surface area (TPSA) is 41.6 Å². The summed E-state index contributed by atoms with van der Waals surface area (Å²) in [4.78, 5) is 13.7. The Morgan fingerprint density at radius 3 is 2.58 bits per heavy atom. The standard InChI is InChI=1S/C19H23F3N2O2/c1-26-18(25)13-6-9-24(10-7-13)17-11-15(19(20,21)22)4-5-16(17)14-3-2-8-23-12-14/h3-5,11,13,23H,2,6-10,12H2,1H3. The second-order valence-electron chi connectivity index (χ2n) is 6.71. The first kappa shape index (κ1) is 18.8. The fourth-order valence-corrected chi connectivity index (χ4v) is 3.61. The van der Waals surface area contributed by atoms with Gasteiger partial charge in [-0.1, -0.05) is 12.1 Å². The lowest BCUT2D eigenvalue weighted by Gasteiger charge is -2.34. The number of benzene rings is 1. The van der Waals surface area contributed by atoms with Crippen LogP contribution in [0, 0.1) is 5.92 Å². The fourth-order valence-electron chi connectivity index (χ4n) is 3.61. The largest absolute Gasteiger partial charge is 0.469 e. The minimum Gasteiger partial charge on any atom is -0.469 e. The van der Waals surface area contributed by atoms with Gasteiger partial charge in [-0.05, 0) is 43.5 Å². The number of hydrogen-bond donors (Lipinski definition) is 1. The predicted octanol–water partition coefficient (Wildman–Crippen LogP) is 3.47. The highest BCUT2D eigenvalue weighted by Gasteiger charge is 2.33. The third-order valence-corrected chi connectivity index (χ3v) is 5.07. The zero-order valence-corrected chi connectivity index (χ0v) is 14.7. The molecule has 1 saturated heterocycles. The summed E-state index contributed by atoms with van der Waals surface area (Å²) in [5, 5.41) is 3.27. The highest BCUT2D eigenvalue weighted by molar-refractivity contribution is 5.79. The molecule has 26 heavy (non-hydrogen) atoms. The predicted molar refractivity (Wildman–Crippen MR) is 93.9 cm³/mol. The van der Waals surface area contributed by atoms with Crippen LogP contribution < -0.4 is 10.2 Å². The zero-order chi connectivity index (χ0) is 18.7. The van der Waals surface area contributed by atoms with Crippen molar-refractivity contribution in [2.75, 3.05) is 38.2 Å². The number of esters is 1. The maximum absolute atomic E-state index is 13.2. The number of carbonyl (C=O) groups excluding carboxylic acids is 1. The van der Waals surface area contributed by atoms with Crippen molar-refractivity contribution in [1.29, 1.82) is 0 Å².